The van der Waals surface area contributed by atoms with Crippen LogP contribution in [0.5, 0.6) is 0 Å². The van der Waals surface area contributed by atoms with E-state index in [1.165, 1.54) is 37.6 Å². The molecule has 0 aliphatic carbocycles. The van der Waals surface area contributed by atoms with Crippen molar-refractivity contribution < 1.29 is 0 Å². The number of hydrogen-bond acceptors (Lipinski definition) is 0. The predicted molar refractivity (Wildman–Crippen MR) is 95.6 cm³/mol. The van der Waals surface area contributed by atoms with E-state index >= 15 is 0 Å². The molecule has 0 saturated carbocycles. The van der Waals surface area contributed by atoms with E-state index in [0.29, 0.717) is 0 Å². The summed E-state index contributed by atoms with van der Waals surface area (Å²) in [5.41, 5.74) is 0. The normalized spacial score (nSPS) is 10.8. The van der Waals surface area contributed by atoms with Gasteiger partial charge in [0.2, 0.25) is 0 Å². The van der Waals surface area contributed by atoms with Crippen molar-refractivity contribution in [3.63, 3.8) is 0 Å². The molecule has 0 bridgehead atoms. The molecule has 1 unspecified atom stereocenters. The van der Waals surface area contributed by atoms with E-state index in [4.69, 9.17) is 0 Å². The molecule has 98 valence electrons. The van der Waals surface area contributed by atoms with Gasteiger partial charge >= 0.3 is 0 Å². The molecule has 0 amide bonds. The molecule has 2 heteroatoms. The smallest absolute Gasteiger partial charge is 0.00335 e. The van der Waals surface area contributed by atoms with Crippen LogP contribution in [0, 0.1) is 0 Å². The molecule has 20 heavy (non-hydrogen) atoms. The van der Waals surface area contributed by atoms with Crippen molar-refractivity contribution in [1.29, 1.82) is 0 Å². The zero-order valence-electron chi connectivity index (χ0n) is 10.8. The molecule has 0 fully saturated rings. The zero-order valence-corrected chi connectivity index (χ0v) is 12.8. The molecule has 0 radical (unpaired) electrons. The first-order valence-electron chi connectivity index (χ1n) is 6.43. The van der Waals surface area contributed by atoms with Crippen LogP contribution < -0.4 is 5.30 Å². The molecule has 1 atom stereocenters. The van der Waals surface area contributed by atoms with Crippen LogP contribution in [0.25, 0.3) is 32.3 Å². The summed E-state index contributed by atoms with van der Waals surface area (Å²) >= 11 is 0. The first-order valence-corrected chi connectivity index (χ1v) is 7.00. The number of benzene rings is 4. The summed E-state index contributed by atoms with van der Waals surface area (Å²) in [4.78, 5) is 0. The van der Waals surface area contributed by atoms with Crippen molar-refractivity contribution in [1.82, 2.24) is 0 Å². The lowest BCUT2D eigenvalue weighted by atomic mass is 9.98. The van der Waals surface area contributed by atoms with Crippen LogP contribution in [0.4, 0.5) is 0 Å². The summed E-state index contributed by atoms with van der Waals surface area (Å²) in [5.74, 6) is 0. The SMILES string of the molecule is Cl.Pc1cccc2ccc3cc4ccccc4cc3c12. The second kappa shape index (κ2) is 5.05. The Hall–Kier alpha value is -1.62. The third-order valence-electron chi connectivity index (χ3n) is 3.76. The summed E-state index contributed by atoms with van der Waals surface area (Å²) in [6.07, 6.45) is 0. The molecule has 4 aromatic carbocycles. The van der Waals surface area contributed by atoms with Crippen molar-refractivity contribution in [2.75, 3.05) is 0 Å². The second-order valence-corrected chi connectivity index (χ2v) is 5.55. The summed E-state index contributed by atoms with van der Waals surface area (Å²) in [6, 6.07) is 24.0. The van der Waals surface area contributed by atoms with Crippen LogP contribution in [-0.4, -0.2) is 0 Å². The van der Waals surface area contributed by atoms with Crippen molar-refractivity contribution in [3.05, 3.63) is 66.7 Å². The Morgan fingerprint density at radius 2 is 1.25 bits per heavy atom. The van der Waals surface area contributed by atoms with Gasteiger partial charge in [-0.05, 0) is 49.8 Å². The van der Waals surface area contributed by atoms with E-state index in [9.17, 15) is 0 Å². The predicted octanol–water partition coefficient (Wildman–Crippen LogP) is 5.07. The molecular formula is C18H14ClP. The minimum atomic E-state index is 0. The Labute approximate surface area is 126 Å². The van der Waals surface area contributed by atoms with Crippen LogP contribution in [0.3, 0.4) is 0 Å². The fourth-order valence-electron chi connectivity index (χ4n) is 2.83. The molecule has 0 spiro atoms. The minimum absolute atomic E-state index is 0. The van der Waals surface area contributed by atoms with E-state index in [2.05, 4.69) is 76.0 Å². The van der Waals surface area contributed by atoms with Crippen molar-refractivity contribution in [2.24, 2.45) is 0 Å². The second-order valence-electron chi connectivity index (χ2n) is 4.93. The number of hydrogen-bond donors (Lipinski definition) is 0. The Balaban J connectivity index is 0.00000121. The van der Waals surface area contributed by atoms with Crippen LogP contribution in [0.15, 0.2) is 66.7 Å². The minimum Gasteiger partial charge on any atom is -0.147 e. The lowest BCUT2D eigenvalue weighted by Crippen LogP contribution is -1.93. The van der Waals surface area contributed by atoms with Gasteiger partial charge in [0.25, 0.3) is 0 Å². The van der Waals surface area contributed by atoms with Gasteiger partial charge in [0.15, 0.2) is 0 Å². The highest BCUT2D eigenvalue weighted by Gasteiger charge is 2.04. The quantitative estimate of drug-likeness (QED) is 0.241. The molecule has 0 saturated heterocycles. The van der Waals surface area contributed by atoms with Crippen LogP contribution in [0.2, 0.25) is 0 Å². The zero-order chi connectivity index (χ0) is 12.8. The summed E-state index contributed by atoms with van der Waals surface area (Å²) in [6.45, 7) is 0. The molecule has 0 aliphatic heterocycles. The van der Waals surface area contributed by atoms with E-state index in [1.54, 1.807) is 0 Å². The van der Waals surface area contributed by atoms with Crippen molar-refractivity contribution in [2.45, 2.75) is 0 Å². The van der Waals surface area contributed by atoms with Gasteiger partial charge in [-0.15, -0.1) is 21.6 Å². The number of fused-ring (bicyclic) bond motifs is 4. The van der Waals surface area contributed by atoms with Gasteiger partial charge in [-0.2, -0.15) is 0 Å². The molecular weight excluding hydrogens is 283 g/mol. The average Bonchev–Trinajstić information content (AvgIpc) is 2.45. The number of rotatable bonds is 0. The lowest BCUT2D eigenvalue weighted by molar-refractivity contribution is 1.79. The monoisotopic (exact) mass is 296 g/mol. The molecule has 4 aromatic rings. The Morgan fingerprint density at radius 1 is 0.600 bits per heavy atom. The third-order valence-corrected chi connectivity index (χ3v) is 4.24. The van der Waals surface area contributed by atoms with E-state index in [1.807, 2.05) is 0 Å². The highest BCUT2D eigenvalue weighted by Crippen LogP contribution is 2.29. The molecule has 0 nitrogen and oxygen atoms in total. The molecule has 0 heterocycles. The molecule has 0 aliphatic rings. The first kappa shape index (κ1) is 13.4. The maximum Gasteiger partial charge on any atom is -0.00335 e. The standard InChI is InChI=1S/C18H13P.ClH/c19-17-7-3-6-12-8-9-15-10-13-4-1-2-5-14(13)11-16(15)18(12)17;/h1-11H,19H2;1H. The summed E-state index contributed by atoms with van der Waals surface area (Å²) < 4.78 is 0. The van der Waals surface area contributed by atoms with E-state index in [-0.39, 0.29) is 12.4 Å². The highest BCUT2D eigenvalue weighted by molar-refractivity contribution is 7.28. The fraction of sp³-hybridized carbons (Fsp3) is 0. The fourth-order valence-corrected chi connectivity index (χ4v) is 3.26. The van der Waals surface area contributed by atoms with E-state index in [0.717, 1.165) is 0 Å². The average molecular weight is 297 g/mol. The van der Waals surface area contributed by atoms with Crippen molar-refractivity contribution >= 4 is 59.3 Å². The molecule has 4 rings (SSSR count). The van der Waals surface area contributed by atoms with Gasteiger partial charge in [0.1, 0.15) is 0 Å². The third kappa shape index (κ3) is 1.97. The Bertz CT molecular complexity index is 928. The molecule has 0 N–H and O–H groups in total. The van der Waals surface area contributed by atoms with Gasteiger partial charge in [0.05, 0.1) is 0 Å². The lowest BCUT2D eigenvalue weighted by Gasteiger charge is -2.08. The Kier molecular flexibility index (Phi) is 3.38. The van der Waals surface area contributed by atoms with Gasteiger partial charge in [-0.3, -0.25) is 0 Å². The molecule has 0 aromatic heterocycles. The number of halogens is 1. The van der Waals surface area contributed by atoms with Gasteiger partial charge in [0, 0.05) is 0 Å². The maximum atomic E-state index is 2.85. The van der Waals surface area contributed by atoms with Crippen LogP contribution >= 0.6 is 21.6 Å². The van der Waals surface area contributed by atoms with E-state index < -0.39 is 0 Å². The largest absolute Gasteiger partial charge is 0.147 e. The van der Waals surface area contributed by atoms with Gasteiger partial charge < -0.3 is 0 Å². The Morgan fingerprint density at radius 3 is 2.05 bits per heavy atom. The topological polar surface area (TPSA) is 0 Å². The first-order chi connectivity index (χ1) is 9.33. The highest BCUT2D eigenvalue weighted by atomic mass is 35.5. The van der Waals surface area contributed by atoms with Crippen LogP contribution in [-0.2, 0) is 0 Å². The van der Waals surface area contributed by atoms with Crippen molar-refractivity contribution in [3.8, 4) is 0 Å². The summed E-state index contributed by atoms with van der Waals surface area (Å²) in [5, 5.41) is 9.15. The van der Waals surface area contributed by atoms with Crippen LogP contribution in [0.1, 0.15) is 0 Å². The van der Waals surface area contributed by atoms with Gasteiger partial charge in [-0.25, -0.2) is 0 Å². The van der Waals surface area contributed by atoms with Gasteiger partial charge in [-0.1, -0.05) is 54.6 Å². The maximum absolute atomic E-state index is 2.85. The summed E-state index contributed by atoms with van der Waals surface area (Å²) in [7, 11) is 2.85.